The van der Waals surface area contributed by atoms with Gasteiger partial charge in [-0.1, -0.05) is 42.5 Å². The van der Waals surface area contributed by atoms with Gasteiger partial charge in [-0.25, -0.2) is 4.79 Å². The molecule has 1 saturated heterocycles. The SMILES string of the molecule is COC(=O)c1c(NC(=S)N2CCN(CC=Cc3ccccc3)CC2)sc(C(=O)N(C)C)c1C. The molecule has 1 amide bonds. The molecule has 0 spiro atoms. The van der Waals surface area contributed by atoms with E-state index in [-0.39, 0.29) is 5.91 Å². The average molecular weight is 487 g/mol. The fourth-order valence-electron chi connectivity index (χ4n) is 3.57. The van der Waals surface area contributed by atoms with E-state index in [1.807, 2.05) is 18.2 Å². The van der Waals surface area contributed by atoms with Crippen LogP contribution >= 0.6 is 23.6 Å². The number of rotatable bonds is 6. The first kappa shape index (κ1) is 24.9. The van der Waals surface area contributed by atoms with Crippen molar-refractivity contribution in [1.82, 2.24) is 14.7 Å². The van der Waals surface area contributed by atoms with Crippen molar-refractivity contribution in [3.05, 3.63) is 58.0 Å². The summed E-state index contributed by atoms with van der Waals surface area (Å²) in [5, 5.41) is 4.29. The first-order valence-electron chi connectivity index (χ1n) is 10.7. The molecule has 0 unspecified atom stereocenters. The zero-order valence-electron chi connectivity index (χ0n) is 19.5. The topological polar surface area (TPSA) is 65.1 Å². The molecule has 176 valence electrons. The monoisotopic (exact) mass is 486 g/mol. The van der Waals surface area contributed by atoms with Crippen molar-refractivity contribution in [2.45, 2.75) is 6.92 Å². The number of nitrogens with one attached hydrogen (secondary N) is 1. The highest BCUT2D eigenvalue weighted by Gasteiger charge is 2.27. The molecule has 0 atom stereocenters. The quantitative estimate of drug-likeness (QED) is 0.495. The number of hydrogen-bond donors (Lipinski definition) is 1. The Hall–Kier alpha value is -2.75. The third kappa shape index (κ3) is 6.19. The molecule has 9 heteroatoms. The summed E-state index contributed by atoms with van der Waals surface area (Å²) >= 11 is 6.87. The molecule has 0 saturated carbocycles. The van der Waals surface area contributed by atoms with Crippen LogP contribution in [0.15, 0.2) is 36.4 Å². The van der Waals surface area contributed by atoms with Gasteiger partial charge in [0.1, 0.15) is 5.00 Å². The normalized spacial score (nSPS) is 14.4. The molecule has 0 aliphatic carbocycles. The van der Waals surface area contributed by atoms with Gasteiger partial charge in [0.05, 0.1) is 17.6 Å². The number of esters is 1. The van der Waals surface area contributed by atoms with E-state index in [9.17, 15) is 9.59 Å². The summed E-state index contributed by atoms with van der Waals surface area (Å²) in [5.41, 5.74) is 2.16. The van der Waals surface area contributed by atoms with E-state index in [1.54, 1.807) is 21.0 Å². The summed E-state index contributed by atoms with van der Waals surface area (Å²) in [4.78, 5) is 31.4. The molecule has 1 aromatic heterocycles. The molecule has 3 rings (SSSR count). The lowest BCUT2D eigenvalue weighted by Gasteiger charge is -2.35. The molecular formula is C24H30N4O3S2. The number of methoxy groups -OCH3 is 1. The van der Waals surface area contributed by atoms with Gasteiger partial charge in [0.2, 0.25) is 0 Å². The van der Waals surface area contributed by atoms with Crippen LogP contribution < -0.4 is 5.32 Å². The molecule has 1 N–H and O–H groups in total. The van der Waals surface area contributed by atoms with Crippen molar-refractivity contribution >= 4 is 51.6 Å². The maximum absolute atomic E-state index is 12.5. The highest BCUT2D eigenvalue weighted by atomic mass is 32.1. The van der Waals surface area contributed by atoms with Gasteiger partial charge in [0, 0.05) is 46.8 Å². The molecule has 1 aromatic carbocycles. The van der Waals surface area contributed by atoms with Crippen molar-refractivity contribution in [1.29, 1.82) is 0 Å². The molecule has 0 radical (unpaired) electrons. The van der Waals surface area contributed by atoms with Crippen molar-refractivity contribution in [3.8, 4) is 0 Å². The van der Waals surface area contributed by atoms with Gasteiger partial charge in [0.15, 0.2) is 5.11 Å². The van der Waals surface area contributed by atoms with E-state index < -0.39 is 5.97 Å². The molecule has 1 fully saturated rings. The summed E-state index contributed by atoms with van der Waals surface area (Å²) in [7, 11) is 4.71. The van der Waals surface area contributed by atoms with E-state index >= 15 is 0 Å². The van der Waals surface area contributed by atoms with Gasteiger partial charge in [-0.2, -0.15) is 0 Å². The summed E-state index contributed by atoms with van der Waals surface area (Å²) in [6, 6.07) is 10.3. The van der Waals surface area contributed by atoms with Crippen molar-refractivity contribution in [3.63, 3.8) is 0 Å². The van der Waals surface area contributed by atoms with E-state index in [0.29, 0.717) is 26.1 Å². The number of piperazine rings is 1. The third-order valence-corrected chi connectivity index (χ3v) is 7.05. The zero-order valence-corrected chi connectivity index (χ0v) is 21.1. The Morgan fingerprint density at radius 1 is 1.18 bits per heavy atom. The van der Waals surface area contributed by atoms with Gasteiger partial charge in [-0.15, -0.1) is 11.3 Å². The lowest BCUT2D eigenvalue weighted by Crippen LogP contribution is -2.49. The summed E-state index contributed by atoms with van der Waals surface area (Å²) in [6.45, 7) is 5.99. The van der Waals surface area contributed by atoms with E-state index in [1.165, 1.54) is 28.9 Å². The van der Waals surface area contributed by atoms with Crippen LogP contribution in [0.3, 0.4) is 0 Å². The van der Waals surface area contributed by atoms with Gasteiger partial charge in [-0.3, -0.25) is 9.69 Å². The van der Waals surface area contributed by atoms with Crippen molar-refractivity contribution < 1.29 is 14.3 Å². The molecule has 33 heavy (non-hydrogen) atoms. The largest absolute Gasteiger partial charge is 0.465 e. The van der Waals surface area contributed by atoms with Gasteiger partial charge in [-0.05, 0) is 30.3 Å². The summed E-state index contributed by atoms with van der Waals surface area (Å²) < 4.78 is 4.95. The van der Waals surface area contributed by atoms with Crippen LogP contribution in [0.25, 0.3) is 6.08 Å². The standard InChI is InChI=1S/C24H30N4O3S2/c1-17-19(23(30)31-4)21(33-20(17)22(29)26(2)3)25-24(32)28-15-13-27(14-16-28)12-8-11-18-9-6-5-7-10-18/h5-11H,12-16H2,1-4H3,(H,25,32). The highest BCUT2D eigenvalue weighted by Crippen LogP contribution is 2.34. The molecular weight excluding hydrogens is 456 g/mol. The van der Waals surface area contributed by atoms with Crippen LogP contribution in [0.2, 0.25) is 0 Å². The Labute approximate surface area is 204 Å². The molecule has 2 aromatic rings. The van der Waals surface area contributed by atoms with Crippen LogP contribution in [-0.4, -0.2) is 85.6 Å². The first-order valence-corrected chi connectivity index (χ1v) is 12.0. The minimum absolute atomic E-state index is 0.154. The molecule has 7 nitrogen and oxygen atoms in total. The van der Waals surface area contributed by atoms with E-state index in [4.69, 9.17) is 17.0 Å². The van der Waals surface area contributed by atoms with Crippen molar-refractivity contribution in [2.24, 2.45) is 0 Å². The molecule has 0 bridgehead atoms. The van der Waals surface area contributed by atoms with Gasteiger partial charge in [0.25, 0.3) is 5.91 Å². The highest BCUT2D eigenvalue weighted by molar-refractivity contribution is 7.80. The van der Waals surface area contributed by atoms with Crippen LogP contribution in [0, 0.1) is 6.92 Å². The van der Waals surface area contributed by atoms with Crippen LogP contribution in [0.5, 0.6) is 0 Å². The number of hydrogen-bond acceptors (Lipinski definition) is 6. The Balaban J connectivity index is 1.61. The van der Waals surface area contributed by atoms with Crippen LogP contribution in [0.4, 0.5) is 5.00 Å². The average Bonchev–Trinajstić information content (AvgIpc) is 3.14. The number of thiocarbonyl (C=S) groups is 1. The number of benzene rings is 1. The fraction of sp³-hybridized carbons (Fsp3) is 0.375. The van der Waals surface area contributed by atoms with Crippen molar-refractivity contribution in [2.75, 3.05) is 59.2 Å². The van der Waals surface area contributed by atoms with Crippen LogP contribution in [0.1, 0.15) is 31.2 Å². The minimum atomic E-state index is -0.484. The number of carbonyl (C=O) groups excluding carboxylic acids is 2. The number of thiophene rings is 1. The van der Waals surface area contributed by atoms with Gasteiger partial charge >= 0.3 is 5.97 Å². The summed E-state index contributed by atoms with van der Waals surface area (Å²) in [6.07, 6.45) is 4.32. The second kappa shape index (κ2) is 11.4. The first-order chi connectivity index (χ1) is 15.8. The number of anilines is 1. The molecule has 1 aliphatic rings. The predicted molar refractivity (Wildman–Crippen MR) is 138 cm³/mol. The number of amides is 1. The fourth-order valence-corrected chi connectivity index (χ4v) is 5.13. The number of ether oxygens (including phenoxy) is 1. The lowest BCUT2D eigenvalue weighted by molar-refractivity contribution is 0.0601. The van der Waals surface area contributed by atoms with E-state index in [2.05, 4.69) is 39.4 Å². The smallest absolute Gasteiger partial charge is 0.341 e. The van der Waals surface area contributed by atoms with Gasteiger partial charge < -0.3 is 19.9 Å². The van der Waals surface area contributed by atoms with Crippen LogP contribution in [-0.2, 0) is 4.74 Å². The third-order valence-electron chi connectivity index (χ3n) is 5.49. The lowest BCUT2D eigenvalue weighted by atomic mass is 10.1. The maximum Gasteiger partial charge on any atom is 0.341 e. The predicted octanol–water partition coefficient (Wildman–Crippen LogP) is 3.57. The van der Waals surface area contributed by atoms with E-state index in [0.717, 1.165) is 32.7 Å². The number of nitrogens with zero attached hydrogens (tertiary/aromatic N) is 3. The molecule has 2 heterocycles. The Morgan fingerprint density at radius 3 is 2.45 bits per heavy atom. The summed E-state index contributed by atoms with van der Waals surface area (Å²) in [5.74, 6) is -0.638. The Bertz CT molecular complexity index is 1030. The molecule has 1 aliphatic heterocycles. The number of carbonyl (C=O) groups is 2. The Morgan fingerprint density at radius 2 is 1.85 bits per heavy atom. The second-order valence-corrected chi connectivity index (χ2v) is 9.39. The minimum Gasteiger partial charge on any atom is -0.465 e. The Kier molecular flexibility index (Phi) is 8.60. The zero-order chi connectivity index (χ0) is 24.0. The second-order valence-electron chi connectivity index (χ2n) is 7.98. The maximum atomic E-state index is 12.5.